The molecule has 0 heterocycles. The second kappa shape index (κ2) is 5.27. The SMILES string of the molecule is N#Cc1cc([N+](=O)[O-])cc(CCl)c1CC(=O)O. The van der Waals surface area contributed by atoms with Crippen LogP contribution in [0.25, 0.3) is 0 Å². The van der Waals surface area contributed by atoms with Crippen LogP contribution in [0.5, 0.6) is 0 Å². The van der Waals surface area contributed by atoms with Crippen molar-refractivity contribution in [3.8, 4) is 6.07 Å². The average molecular weight is 255 g/mol. The summed E-state index contributed by atoms with van der Waals surface area (Å²) in [5, 5.41) is 28.2. The Morgan fingerprint density at radius 3 is 2.65 bits per heavy atom. The minimum atomic E-state index is -1.12. The first-order valence-corrected chi connectivity index (χ1v) is 5.01. The smallest absolute Gasteiger partial charge is 0.307 e. The zero-order valence-electron chi connectivity index (χ0n) is 8.51. The molecule has 0 fully saturated rings. The van der Waals surface area contributed by atoms with Crippen molar-refractivity contribution in [3.63, 3.8) is 0 Å². The third kappa shape index (κ3) is 2.92. The fourth-order valence-electron chi connectivity index (χ4n) is 1.40. The Morgan fingerprint density at radius 2 is 2.24 bits per heavy atom. The third-order valence-corrected chi connectivity index (χ3v) is 2.42. The summed E-state index contributed by atoms with van der Waals surface area (Å²) in [7, 11) is 0. The maximum absolute atomic E-state index is 10.6. The highest BCUT2D eigenvalue weighted by Crippen LogP contribution is 2.24. The number of nitro groups is 1. The van der Waals surface area contributed by atoms with E-state index in [-0.39, 0.29) is 29.1 Å². The van der Waals surface area contributed by atoms with E-state index in [9.17, 15) is 14.9 Å². The fourth-order valence-corrected chi connectivity index (χ4v) is 1.64. The zero-order chi connectivity index (χ0) is 13.0. The predicted octanol–water partition coefficient (Wildman–Crippen LogP) is 1.83. The lowest BCUT2D eigenvalue weighted by Crippen LogP contribution is -2.06. The number of rotatable bonds is 4. The molecule has 0 aliphatic carbocycles. The summed E-state index contributed by atoms with van der Waals surface area (Å²) < 4.78 is 0. The number of nitrogens with zero attached hydrogens (tertiary/aromatic N) is 2. The Labute approximate surface area is 101 Å². The monoisotopic (exact) mass is 254 g/mol. The molecule has 1 N–H and O–H groups in total. The molecule has 0 aliphatic rings. The van der Waals surface area contributed by atoms with Crippen LogP contribution in [0.4, 0.5) is 5.69 Å². The van der Waals surface area contributed by atoms with Crippen molar-refractivity contribution in [2.75, 3.05) is 0 Å². The van der Waals surface area contributed by atoms with Gasteiger partial charge in [-0.05, 0) is 11.1 Å². The number of aliphatic carboxylic acids is 1. The van der Waals surface area contributed by atoms with Crippen molar-refractivity contribution < 1.29 is 14.8 Å². The quantitative estimate of drug-likeness (QED) is 0.501. The first kappa shape index (κ1) is 12.9. The number of carboxylic acids is 1. The Balaban J connectivity index is 3.42. The molecule has 7 heteroatoms. The summed E-state index contributed by atoms with van der Waals surface area (Å²) in [4.78, 5) is 20.6. The first-order chi connectivity index (χ1) is 7.99. The lowest BCUT2D eigenvalue weighted by molar-refractivity contribution is -0.384. The minimum absolute atomic E-state index is 0.0303. The van der Waals surface area contributed by atoms with E-state index < -0.39 is 10.9 Å². The number of halogens is 1. The molecule has 0 unspecified atom stereocenters. The zero-order valence-corrected chi connectivity index (χ0v) is 9.27. The van der Waals surface area contributed by atoms with Crippen molar-refractivity contribution >= 4 is 23.3 Å². The second-order valence-electron chi connectivity index (χ2n) is 3.20. The number of hydrogen-bond donors (Lipinski definition) is 1. The topological polar surface area (TPSA) is 104 Å². The van der Waals surface area contributed by atoms with Gasteiger partial charge in [0.25, 0.3) is 5.69 Å². The number of benzene rings is 1. The van der Waals surface area contributed by atoms with Crippen molar-refractivity contribution in [3.05, 3.63) is 38.9 Å². The van der Waals surface area contributed by atoms with Crippen LogP contribution in [0.15, 0.2) is 12.1 Å². The van der Waals surface area contributed by atoms with Crippen molar-refractivity contribution in [1.82, 2.24) is 0 Å². The number of carbonyl (C=O) groups is 1. The molecule has 1 rings (SSSR count). The Morgan fingerprint density at radius 1 is 1.59 bits per heavy atom. The van der Waals surface area contributed by atoms with Crippen LogP contribution in [-0.2, 0) is 17.1 Å². The molecule has 1 aromatic carbocycles. The molecule has 0 aliphatic heterocycles. The number of non-ortho nitro benzene ring substituents is 1. The highest BCUT2D eigenvalue weighted by Gasteiger charge is 2.17. The highest BCUT2D eigenvalue weighted by atomic mass is 35.5. The molecule has 0 spiro atoms. The van der Waals surface area contributed by atoms with Gasteiger partial charge in [0.2, 0.25) is 0 Å². The van der Waals surface area contributed by atoms with Crippen LogP contribution < -0.4 is 0 Å². The van der Waals surface area contributed by atoms with E-state index in [0.717, 1.165) is 6.07 Å². The van der Waals surface area contributed by atoms with Gasteiger partial charge in [0, 0.05) is 18.0 Å². The van der Waals surface area contributed by atoms with Crippen molar-refractivity contribution in [2.45, 2.75) is 12.3 Å². The molecular weight excluding hydrogens is 248 g/mol. The molecule has 0 saturated carbocycles. The summed E-state index contributed by atoms with van der Waals surface area (Å²) >= 11 is 5.60. The number of nitro benzene ring substituents is 1. The van der Waals surface area contributed by atoms with E-state index in [4.69, 9.17) is 22.0 Å². The Bertz CT molecular complexity index is 522. The van der Waals surface area contributed by atoms with Gasteiger partial charge < -0.3 is 5.11 Å². The molecule has 1 aromatic rings. The van der Waals surface area contributed by atoms with Gasteiger partial charge in [-0.25, -0.2) is 0 Å². The van der Waals surface area contributed by atoms with Gasteiger partial charge in [0.05, 0.1) is 23.0 Å². The number of alkyl halides is 1. The van der Waals surface area contributed by atoms with Gasteiger partial charge in [-0.1, -0.05) is 0 Å². The van der Waals surface area contributed by atoms with Crippen LogP contribution in [0, 0.1) is 21.4 Å². The van der Waals surface area contributed by atoms with Crippen LogP contribution in [0.2, 0.25) is 0 Å². The molecule has 0 bridgehead atoms. The molecule has 88 valence electrons. The second-order valence-corrected chi connectivity index (χ2v) is 3.47. The third-order valence-electron chi connectivity index (χ3n) is 2.13. The van der Waals surface area contributed by atoms with Gasteiger partial charge in [-0.2, -0.15) is 5.26 Å². The summed E-state index contributed by atoms with van der Waals surface area (Å²) in [6.45, 7) is 0. The predicted molar refractivity (Wildman–Crippen MR) is 58.7 cm³/mol. The van der Waals surface area contributed by atoms with Crippen LogP contribution in [0.3, 0.4) is 0 Å². The molecule has 0 saturated heterocycles. The van der Waals surface area contributed by atoms with Gasteiger partial charge >= 0.3 is 5.97 Å². The van der Waals surface area contributed by atoms with E-state index in [1.807, 2.05) is 0 Å². The summed E-state index contributed by atoms with van der Waals surface area (Å²) in [5.74, 6) is -1.21. The van der Waals surface area contributed by atoms with Crippen molar-refractivity contribution in [2.24, 2.45) is 0 Å². The largest absolute Gasteiger partial charge is 0.481 e. The number of hydrogen-bond acceptors (Lipinski definition) is 4. The maximum atomic E-state index is 10.6. The van der Waals surface area contributed by atoms with Crippen LogP contribution in [-0.4, -0.2) is 16.0 Å². The molecule has 0 radical (unpaired) electrons. The van der Waals surface area contributed by atoms with E-state index in [2.05, 4.69) is 0 Å². The molecular formula is C10H7ClN2O4. The lowest BCUT2D eigenvalue weighted by Gasteiger charge is -2.06. The van der Waals surface area contributed by atoms with Gasteiger partial charge in [-0.15, -0.1) is 11.6 Å². The van der Waals surface area contributed by atoms with Crippen LogP contribution >= 0.6 is 11.6 Å². The van der Waals surface area contributed by atoms with Gasteiger partial charge in [0.15, 0.2) is 0 Å². The van der Waals surface area contributed by atoms with E-state index in [1.54, 1.807) is 6.07 Å². The maximum Gasteiger partial charge on any atom is 0.307 e. The standard InChI is InChI=1S/C10H7ClN2O4/c11-4-6-1-8(13(16)17)2-7(5-12)9(6)3-10(14)15/h1-2H,3-4H2,(H,14,15). The van der Waals surface area contributed by atoms with Crippen LogP contribution in [0.1, 0.15) is 16.7 Å². The van der Waals surface area contributed by atoms with E-state index in [0.29, 0.717) is 5.56 Å². The lowest BCUT2D eigenvalue weighted by atomic mass is 9.99. The van der Waals surface area contributed by atoms with E-state index >= 15 is 0 Å². The fraction of sp³-hybridized carbons (Fsp3) is 0.200. The minimum Gasteiger partial charge on any atom is -0.481 e. The van der Waals surface area contributed by atoms with E-state index in [1.165, 1.54) is 6.07 Å². The molecule has 0 amide bonds. The Hall–Kier alpha value is -2.13. The summed E-state index contributed by atoms with van der Waals surface area (Å²) in [6.07, 6.45) is -0.386. The van der Waals surface area contributed by atoms with Crippen molar-refractivity contribution in [1.29, 1.82) is 5.26 Å². The molecule has 0 atom stereocenters. The summed E-state index contributed by atoms with van der Waals surface area (Å²) in [5.41, 5.74) is 0.212. The Kier molecular flexibility index (Phi) is 4.01. The molecule has 6 nitrogen and oxygen atoms in total. The first-order valence-electron chi connectivity index (χ1n) is 4.47. The highest BCUT2D eigenvalue weighted by molar-refractivity contribution is 6.17. The van der Waals surface area contributed by atoms with Gasteiger partial charge in [-0.3, -0.25) is 14.9 Å². The normalized spacial score (nSPS) is 9.65. The number of carboxylic acid groups (broad SMARTS) is 1. The molecule has 17 heavy (non-hydrogen) atoms. The summed E-state index contributed by atoms with van der Waals surface area (Å²) in [6, 6.07) is 3.98. The number of nitriles is 1. The van der Waals surface area contributed by atoms with Gasteiger partial charge in [0.1, 0.15) is 0 Å². The average Bonchev–Trinajstić information content (AvgIpc) is 2.28. The molecule has 0 aromatic heterocycles.